The zero-order valence-electron chi connectivity index (χ0n) is 19.0. The van der Waals surface area contributed by atoms with Crippen LogP contribution in [0.4, 0.5) is 0 Å². The van der Waals surface area contributed by atoms with Crippen LogP contribution in [0.15, 0.2) is 47.3 Å². The van der Waals surface area contributed by atoms with Crippen LogP contribution in [-0.2, 0) is 17.8 Å². The zero-order chi connectivity index (χ0) is 23.5. The fourth-order valence-corrected chi connectivity index (χ4v) is 4.47. The third-order valence-corrected chi connectivity index (χ3v) is 6.50. The van der Waals surface area contributed by atoms with Crippen LogP contribution in [-0.4, -0.2) is 48.2 Å². The van der Waals surface area contributed by atoms with Crippen LogP contribution in [0, 0.1) is 0 Å². The largest absolute Gasteiger partial charge is 0.497 e. The van der Waals surface area contributed by atoms with Gasteiger partial charge in [-0.15, -0.1) is 0 Å². The molecule has 0 amide bonds. The number of benzene rings is 2. The summed E-state index contributed by atoms with van der Waals surface area (Å²) in [7, 11) is 1.60. The molecule has 2 aromatic carbocycles. The molecule has 5 rings (SSSR count). The van der Waals surface area contributed by atoms with Crippen molar-refractivity contribution in [2.45, 2.75) is 32.0 Å². The Kier molecular flexibility index (Phi) is 6.55. The quantitative estimate of drug-likeness (QED) is 0.497. The normalized spacial score (nSPS) is 16.6. The zero-order valence-corrected chi connectivity index (χ0v) is 19.8. The lowest BCUT2D eigenvalue weighted by molar-refractivity contribution is 0.113. The number of aromatic amines is 1. The summed E-state index contributed by atoms with van der Waals surface area (Å²) in [4.78, 5) is 17.9. The molecule has 1 fully saturated rings. The van der Waals surface area contributed by atoms with Crippen molar-refractivity contribution < 1.29 is 18.9 Å². The van der Waals surface area contributed by atoms with Crippen LogP contribution in [0.3, 0.4) is 0 Å². The minimum atomic E-state index is -0.154. The van der Waals surface area contributed by atoms with Crippen molar-refractivity contribution in [3.63, 3.8) is 0 Å². The molecule has 9 heteroatoms. The van der Waals surface area contributed by atoms with Crippen LogP contribution in [0.25, 0.3) is 10.9 Å². The Morgan fingerprint density at radius 3 is 2.88 bits per heavy atom. The number of pyridine rings is 1. The smallest absolute Gasteiger partial charge is 0.253 e. The van der Waals surface area contributed by atoms with Crippen molar-refractivity contribution in [2.75, 3.05) is 27.1 Å². The second-order valence-electron chi connectivity index (χ2n) is 8.44. The highest BCUT2D eigenvalue weighted by molar-refractivity contribution is 7.80. The van der Waals surface area contributed by atoms with Gasteiger partial charge in [0.25, 0.3) is 5.56 Å². The molecule has 2 aliphatic rings. The van der Waals surface area contributed by atoms with Crippen LogP contribution >= 0.6 is 12.2 Å². The van der Waals surface area contributed by atoms with Gasteiger partial charge in [0, 0.05) is 31.3 Å². The van der Waals surface area contributed by atoms with Crippen LogP contribution in [0.5, 0.6) is 17.2 Å². The summed E-state index contributed by atoms with van der Waals surface area (Å²) in [5.74, 6) is 2.14. The number of methoxy groups -OCH3 is 1. The minimum absolute atomic E-state index is 0.154. The molecule has 1 saturated heterocycles. The molecule has 0 saturated carbocycles. The third-order valence-electron chi connectivity index (χ3n) is 6.09. The van der Waals surface area contributed by atoms with E-state index in [1.165, 1.54) is 0 Å². The maximum atomic E-state index is 12.9. The summed E-state index contributed by atoms with van der Waals surface area (Å²) in [6.07, 6.45) is 2.24. The summed E-state index contributed by atoms with van der Waals surface area (Å²) in [6.45, 7) is 2.51. The molecule has 0 radical (unpaired) electrons. The average Bonchev–Trinajstić information content (AvgIpc) is 3.54. The van der Waals surface area contributed by atoms with E-state index in [0.29, 0.717) is 41.8 Å². The maximum absolute atomic E-state index is 12.9. The van der Waals surface area contributed by atoms with E-state index in [9.17, 15) is 4.79 Å². The summed E-state index contributed by atoms with van der Waals surface area (Å²) in [5, 5.41) is 4.84. The molecule has 0 unspecified atom stereocenters. The standard InChI is InChI=1S/C25H27N3O5S/c1-30-19-6-5-17-10-18(24(29)27-21(17)11-19)14-28(25(34)26-12-20-3-2-8-31-20)13-16-4-7-22-23(9-16)33-15-32-22/h4-7,9-11,20H,2-3,8,12-15H2,1H3,(H,26,34)(H,27,29)/t20-/m0/s1. The monoisotopic (exact) mass is 481 g/mol. The summed E-state index contributed by atoms with van der Waals surface area (Å²) >= 11 is 5.75. The first-order valence-corrected chi connectivity index (χ1v) is 11.7. The van der Waals surface area contributed by atoms with Gasteiger partial charge >= 0.3 is 0 Å². The molecule has 2 N–H and O–H groups in total. The predicted octanol–water partition coefficient (Wildman–Crippen LogP) is 3.32. The molecular weight excluding hydrogens is 454 g/mol. The Hall–Kier alpha value is -3.30. The third kappa shape index (κ3) is 4.95. The first kappa shape index (κ1) is 22.5. The number of fused-ring (bicyclic) bond motifs is 2. The van der Waals surface area contributed by atoms with Gasteiger partial charge in [-0.2, -0.15) is 0 Å². The molecular formula is C25H27N3O5S. The number of rotatable bonds is 7. The number of hydrogen-bond donors (Lipinski definition) is 2. The van der Waals surface area contributed by atoms with E-state index in [2.05, 4.69) is 10.3 Å². The van der Waals surface area contributed by atoms with Crippen molar-refractivity contribution in [2.24, 2.45) is 0 Å². The lowest BCUT2D eigenvalue weighted by Crippen LogP contribution is -2.42. The summed E-state index contributed by atoms with van der Waals surface area (Å²) in [5.41, 5.74) is 2.21. The summed E-state index contributed by atoms with van der Waals surface area (Å²) in [6, 6.07) is 13.4. The van der Waals surface area contributed by atoms with Crippen LogP contribution < -0.4 is 25.1 Å². The Balaban J connectivity index is 1.39. The highest BCUT2D eigenvalue weighted by Gasteiger charge is 2.20. The molecule has 1 aromatic heterocycles. The number of nitrogens with one attached hydrogen (secondary N) is 2. The molecule has 178 valence electrons. The molecule has 8 nitrogen and oxygen atoms in total. The Morgan fingerprint density at radius 2 is 2.06 bits per heavy atom. The Labute approximate surface area is 202 Å². The second kappa shape index (κ2) is 9.90. The molecule has 0 spiro atoms. The fourth-order valence-electron chi connectivity index (χ4n) is 4.25. The highest BCUT2D eigenvalue weighted by atomic mass is 32.1. The van der Waals surface area contributed by atoms with Gasteiger partial charge in [-0.05, 0) is 66.3 Å². The Bertz CT molecular complexity index is 1260. The van der Waals surface area contributed by atoms with Crippen molar-refractivity contribution in [3.05, 3.63) is 63.9 Å². The highest BCUT2D eigenvalue weighted by Crippen LogP contribution is 2.33. The van der Waals surface area contributed by atoms with Crippen molar-refractivity contribution in [1.29, 1.82) is 0 Å². The van der Waals surface area contributed by atoms with Gasteiger partial charge in [0.2, 0.25) is 6.79 Å². The maximum Gasteiger partial charge on any atom is 0.253 e. The number of hydrogen-bond acceptors (Lipinski definition) is 6. The number of H-pyrrole nitrogens is 1. The van der Waals surface area contributed by atoms with Gasteiger partial charge in [-0.25, -0.2) is 0 Å². The lowest BCUT2D eigenvalue weighted by Gasteiger charge is -2.27. The number of aromatic nitrogens is 1. The van der Waals surface area contributed by atoms with Gasteiger partial charge in [0.1, 0.15) is 5.75 Å². The first-order valence-electron chi connectivity index (χ1n) is 11.3. The van der Waals surface area contributed by atoms with Crippen LogP contribution in [0.2, 0.25) is 0 Å². The summed E-state index contributed by atoms with van der Waals surface area (Å²) < 4.78 is 21.9. The van der Waals surface area contributed by atoms with Gasteiger partial charge in [-0.3, -0.25) is 4.79 Å². The Morgan fingerprint density at radius 1 is 1.18 bits per heavy atom. The van der Waals surface area contributed by atoms with E-state index < -0.39 is 0 Å². The molecule has 0 aliphatic carbocycles. The van der Waals surface area contributed by atoms with Crippen molar-refractivity contribution in [1.82, 2.24) is 15.2 Å². The van der Waals surface area contributed by atoms with E-state index in [1.54, 1.807) is 7.11 Å². The average molecular weight is 482 g/mol. The topological polar surface area (TPSA) is 85.0 Å². The number of ether oxygens (including phenoxy) is 4. The minimum Gasteiger partial charge on any atom is -0.497 e. The van der Waals surface area contributed by atoms with E-state index in [4.69, 9.17) is 31.2 Å². The van der Waals surface area contributed by atoms with Crippen molar-refractivity contribution in [3.8, 4) is 17.2 Å². The molecule has 3 aromatic rings. The number of nitrogens with zero attached hydrogens (tertiary/aromatic N) is 1. The van der Waals surface area contributed by atoms with Gasteiger partial charge in [0.05, 0.1) is 25.3 Å². The molecule has 3 heterocycles. The van der Waals surface area contributed by atoms with Gasteiger partial charge in [0.15, 0.2) is 16.6 Å². The molecule has 1 atom stereocenters. The van der Waals surface area contributed by atoms with Gasteiger partial charge < -0.3 is 34.1 Å². The SMILES string of the molecule is COc1ccc2cc(CN(Cc3ccc4c(c3)OCO4)C(=S)NC[C@@H]3CCCO3)c(=O)[nH]c2c1. The van der Waals surface area contributed by atoms with Gasteiger partial charge in [-0.1, -0.05) is 6.07 Å². The van der Waals surface area contributed by atoms with E-state index in [1.807, 2.05) is 47.4 Å². The van der Waals surface area contributed by atoms with E-state index >= 15 is 0 Å². The van der Waals surface area contributed by atoms with Crippen molar-refractivity contribution >= 4 is 28.2 Å². The number of thiocarbonyl (C=S) groups is 1. The molecule has 34 heavy (non-hydrogen) atoms. The van der Waals surface area contributed by atoms with E-state index in [-0.39, 0.29) is 18.5 Å². The van der Waals surface area contributed by atoms with E-state index in [0.717, 1.165) is 41.7 Å². The molecule has 0 bridgehead atoms. The predicted molar refractivity (Wildman–Crippen MR) is 133 cm³/mol. The first-order chi connectivity index (χ1) is 16.6. The second-order valence-corrected chi connectivity index (χ2v) is 8.83. The van der Waals surface area contributed by atoms with Crippen LogP contribution in [0.1, 0.15) is 24.0 Å². The lowest BCUT2D eigenvalue weighted by atomic mass is 10.1. The molecule has 2 aliphatic heterocycles. The fraction of sp³-hybridized carbons (Fsp3) is 0.360.